The first-order chi connectivity index (χ1) is 16.2. The van der Waals surface area contributed by atoms with E-state index >= 15 is 0 Å². The fourth-order valence-corrected chi connectivity index (χ4v) is 6.45. The van der Waals surface area contributed by atoms with Gasteiger partial charge in [0.1, 0.15) is 11.6 Å². The molecule has 192 valence electrons. The van der Waals surface area contributed by atoms with Crippen LogP contribution in [-0.4, -0.2) is 82.3 Å². The molecule has 1 N–H and O–H groups in total. The van der Waals surface area contributed by atoms with E-state index in [1.807, 2.05) is 20.8 Å². The molecular weight excluding hydrogens is 436 g/mol. The molecule has 2 bridgehead atoms. The maximum absolute atomic E-state index is 14.2. The van der Waals surface area contributed by atoms with Crippen molar-refractivity contribution in [2.75, 3.05) is 19.8 Å². The Bertz CT molecular complexity index is 785. The number of aliphatic hydroxyl groups excluding tert-OH is 1. The number of ether oxygens (including phenoxy) is 2. The number of rotatable bonds is 12. The summed E-state index contributed by atoms with van der Waals surface area (Å²) in [7, 11) is 0. The summed E-state index contributed by atoms with van der Waals surface area (Å²) in [4.78, 5) is 44.5. The molecule has 0 aromatic rings. The Kier molecular flexibility index (Phi) is 8.45. The third-order valence-corrected chi connectivity index (χ3v) is 7.73. The van der Waals surface area contributed by atoms with E-state index in [0.29, 0.717) is 25.8 Å². The Morgan fingerprint density at radius 1 is 1.35 bits per heavy atom. The van der Waals surface area contributed by atoms with Gasteiger partial charge in [0, 0.05) is 12.6 Å². The van der Waals surface area contributed by atoms with Gasteiger partial charge in [0.15, 0.2) is 0 Å². The summed E-state index contributed by atoms with van der Waals surface area (Å²) in [6, 6.07) is -1.46. The van der Waals surface area contributed by atoms with Crippen LogP contribution in [0.15, 0.2) is 12.7 Å². The van der Waals surface area contributed by atoms with Crippen molar-refractivity contribution < 1.29 is 29.0 Å². The van der Waals surface area contributed by atoms with Crippen LogP contribution in [0.4, 0.5) is 0 Å². The van der Waals surface area contributed by atoms with Crippen LogP contribution in [0.2, 0.25) is 0 Å². The van der Waals surface area contributed by atoms with E-state index in [9.17, 15) is 19.5 Å². The SMILES string of the molecule is C=CCN(C(=O)[C@@H]1N([C@@H](CO)CC(C)C)C(=O)[C@H]2[C@H](C(=O)OCC)[C@@H]3CC[C@]12O3)C(C)CCC. The lowest BCUT2D eigenvalue weighted by molar-refractivity contribution is -0.156. The molecule has 8 nitrogen and oxygen atoms in total. The second-order valence-corrected chi connectivity index (χ2v) is 10.4. The molecular formula is C26H42N2O6. The highest BCUT2D eigenvalue weighted by molar-refractivity contribution is 5.98. The smallest absolute Gasteiger partial charge is 0.312 e. The van der Waals surface area contributed by atoms with Gasteiger partial charge in [0.25, 0.3) is 0 Å². The topological polar surface area (TPSA) is 96.4 Å². The average Bonchev–Trinajstić information content (AvgIpc) is 3.43. The lowest BCUT2D eigenvalue weighted by Gasteiger charge is -2.41. The van der Waals surface area contributed by atoms with Gasteiger partial charge in [-0.25, -0.2) is 0 Å². The zero-order valence-corrected chi connectivity index (χ0v) is 21.4. The van der Waals surface area contributed by atoms with Crippen LogP contribution in [0.5, 0.6) is 0 Å². The molecule has 3 aliphatic heterocycles. The van der Waals surface area contributed by atoms with Gasteiger partial charge in [-0.1, -0.05) is 33.3 Å². The maximum atomic E-state index is 14.2. The fraction of sp³-hybridized carbons (Fsp3) is 0.808. The molecule has 34 heavy (non-hydrogen) atoms. The number of hydrogen-bond donors (Lipinski definition) is 1. The largest absolute Gasteiger partial charge is 0.466 e. The zero-order chi connectivity index (χ0) is 25.2. The number of aliphatic hydroxyl groups is 1. The summed E-state index contributed by atoms with van der Waals surface area (Å²) in [5.41, 5.74) is -1.08. The van der Waals surface area contributed by atoms with Gasteiger partial charge in [0.05, 0.1) is 37.2 Å². The van der Waals surface area contributed by atoms with Gasteiger partial charge in [-0.15, -0.1) is 6.58 Å². The zero-order valence-electron chi connectivity index (χ0n) is 21.4. The summed E-state index contributed by atoms with van der Waals surface area (Å²) >= 11 is 0. The molecule has 3 fully saturated rings. The van der Waals surface area contributed by atoms with E-state index in [2.05, 4.69) is 13.5 Å². The quantitative estimate of drug-likeness (QED) is 0.342. The highest BCUT2D eigenvalue weighted by Crippen LogP contribution is 2.59. The van der Waals surface area contributed by atoms with Crippen LogP contribution in [-0.2, 0) is 23.9 Å². The molecule has 1 unspecified atom stereocenters. The van der Waals surface area contributed by atoms with Crippen LogP contribution in [0.1, 0.15) is 66.7 Å². The number of carbonyl (C=O) groups excluding carboxylic acids is 3. The van der Waals surface area contributed by atoms with Crippen LogP contribution in [0.25, 0.3) is 0 Å². The van der Waals surface area contributed by atoms with Crippen LogP contribution < -0.4 is 0 Å². The van der Waals surface area contributed by atoms with E-state index < -0.39 is 41.6 Å². The summed E-state index contributed by atoms with van der Waals surface area (Å²) in [6.45, 7) is 14.0. The third-order valence-electron chi connectivity index (χ3n) is 7.73. The molecule has 3 heterocycles. The van der Waals surface area contributed by atoms with Crippen LogP contribution >= 0.6 is 0 Å². The number of likely N-dealkylation sites (tertiary alicyclic amines) is 1. The highest BCUT2D eigenvalue weighted by atomic mass is 16.6. The Balaban J connectivity index is 2.09. The van der Waals surface area contributed by atoms with Crippen molar-refractivity contribution in [1.82, 2.24) is 9.80 Å². The van der Waals surface area contributed by atoms with Crippen molar-refractivity contribution in [3.05, 3.63) is 12.7 Å². The maximum Gasteiger partial charge on any atom is 0.312 e. The normalized spacial score (nSPS) is 31.5. The molecule has 0 aromatic carbocycles. The van der Waals surface area contributed by atoms with E-state index in [4.69, 9.17) is 9.47 Å². The van der Waals surface area contributed by atoms with Gasteiger partial charge >= 0.3 is 5.97 Å². The molecule has 0 radical (unpaired) electrons. The molecule has 1 spiro atoms. The van der Waals surface area contributed by atoms with Gasteiger partial charge < -0.3 is 24.4 Å². The van der Waals surface area contributed by atoms with Gasteiger partial charge in [-0.05, 0) is 45.4 Å². The second-order valence-electron chi connectivity index (χ2n) is 10.4. The minimum atomic E-state index is -1.08. The predicted octanol–water partition coefficient (Wildman–Crippen LogP) is 2.53. The molecule has 2 amide bonds. The molecule has 8 heteroatoms. The number of esters is 1. The Morgan fingerprint density at radius 3 is 2.62 bits per heavy atom. The molecule has 3 rings (SSSR count). The Morgan fingerprint density at radius 2 is 2.06 bits per heavy atom. The monoisotopic (exact) mass is 478 g/mol. The average molecular weight is 479 g/mol. The number of amides is 2. The van der Waals surface area contributed by atoms with Gasteiger partial charge in [0.2, 0.25) is 11.8 Å². The van der Waals surface area contributed by atoms with E-state index in [1.54, 1.807) is 22.8 Å². The van der Waals surface area contributed by atoms with Gasteiger partial charge in [-0.3, -0.25) is 14.4 Å². The first-order valence-electron chi connectivity index (χ1n) is 12.9. The number of fused-ring (bicyclic) bond motifs is 1. The summed E-state index contributed by atoms with van der Waals surface area (Å²) in [5, 5.41) is 10.3. The highest BCUT2D eigenvalue weighted by Gasteiger charge is 2.75. The van der Waals surface area contributed by atoms with Crippen molar-refractivity contribution in [2.45, 2.75) is 96.6 Å². The van der Waals surface area contributed by atoms with Crippen molar-refractivity contribution in [1.29, 1.82) is 0 Å². The minimum absolute atomic E-state index is 0.0416. The number of nitrogens with zero attached hydrogens (tertiary/aromatic N) is 2. The summed E-state index contributed by atoms with van der Waals surface area (Å²) in [5.74, 6) is -2.19. The van der Waals surface area contributed by atoms with Crippen molar-refractivity contribution in [2.24, 2.45) is 17.8 Å². The Labute approximate surface area is 203 Å². The van der Waals surface area contributed by atoms with Crippen molar-refractivity contribution in [3.8, 4) is 0 Å². The fourth-order valence-electron chi connectivity index (χ4n) is 6.45. The molecule has 0 saturated carbocycles. The summed E-state index contributed by atoms with van der Waals surface area (Å²) in [6.07, 6.45) is 4.69. The number of carbonyl (C=O) groups is 3. The molecule has 0 aromatic heterocycles. The third kappa shape index (κ3) is 4.39. The van der Waals surface area contributed by atoms with E-state index in [-0.39, 0.29) is 37.0 Å². The Hall–Kier alpha value is -1.93. The van der Waals surface area contributed by atoms with E-state index in [1.165, 1.54) is 0 Å². The molecule has 3 saturated heterocycles. The first kappa shape index (κ1) is 26.7. The van der Waals surface area contributed by atoms with Crippen LogP contribution in [0, 0.1) is 17.8 Å². The lowest BCUT2D eigenvalue weighted by atomic mass is 9.70. The number of hydrogen-bond acceptors (Lipinski definition) is 6. The lowest BCUT2D eigenvalue weighted by Crippen LogP contribution is -2.60. The first-order valence-corrected chi connectivity index (χ1v) is 12.9. The van der Waals surface area contributed by atoms with E-state index in [0.717, 1.165) is 12.8 Å². The van der Waals surface area contributed by atoms with Gasteiger partial charge in [-0.2, -0.15) is 0 Å². The van der Waals surface area contributed by atoms with Crippen LogP contribution in [0.3, 0.4) is 0 Å². The minimum Gasteiger partial charge on any atom is -0.466 e. The predicted molar refractivity (Wildman–Crippen MR) is 128 cm³/mol. The molecule has 0 aliphatic carbocycles. The second kappa shape index (κ2) is 10.8. The van der Waals surface area contributed by atoms with Crippen molar-refractivity contribution >= 4 is 17.8 Å². The van der Waals surface area contributed by atoms with Crippen molar-refractivity contribution in [3.63, 3.8) is 0 Å². The molecule has 3 aliphatic rings. The molecule has 7 atom stereocenters. The standard InChI is InChI=1S/C26H42N2O6/c1-7-10-17(6)27(13-8-2)24(31)22-26-12-11-19(34-26)20(25(32)33-9-3)21(26)23(30)28(22)18(15-29)14-16(4)5/h8,16-22,29H,2,7,9-15H2,1,3-6H3/t17?,18-,19+,20-,21-,22+,26-/m1/s1. The summed E-state index contributed by atoms with van der Waals surface area (Å²) < 4.78 is 11.8.